The lowest BCUT2D eigenvalue weighted by Gasteiger charge is -2.02. The van der Waals surface area contributed by atoms with Crippen molar-refractivity contribution in [3.05, 3.63) is 78.9 Å². The second kappa shape index (κ2) is 7.75. The Morgan fingerprint density at radius 3 is 1.24 bits per heavy atom. The highest BCUT2D eigenvalue weighted by Crippen LogP contribution is 2.32. The second-order valence-corrected chi connectivity index (χ2v) is 8.22. The molecule has 0 aliphatic carbocycles. The Morgan fingerprint density at radius 1 is 0.560 bits per heavy atom. The molecule has 0 aliphatic heterocycles. The summed E-state index contributed by atoms with van der Waals surface area (Å²) in [5, 5.41) is 2.76. The predicted molar refractivity (Wildman–Crippen MR) is 111 cm³/mol. The summed E-state index contributed by atoms with van der Waals surface area (Å²) >= 11 is 4.27. The molecule has 1 heterocycles. The van der Waals surface area contributed by atoms with E-state index in [2.05, 4.69) is 48.5 Å². The van der Waals surface area contributed by atoms with Gasteiger partial charge >= 0.3 is 0 Å². The van der Waals surface area contributed by atoms with Crippen molar-refractivity contribution >= 4 is 76.7 Å². The van der Waals surface area contributed by atoms with Crippen LogP contribution in [0.25, 0.3) is 20.2 Å². The maximum absolute atomic E-state index is 12.6. The molecule has 0 bridgehead atoms. The second-order valence-electron chi connectivity index (χ2n) is 4.98. The minimum absolute atomic E-state index is 0.664. The Morgan fingerprint density at radius 2 is 0.880 bits per heavy atom. The van der Waals surface area contributed by atoms with Gasteiger partial charge in [-0.2, -0.15) is 0 Å². The molecular formula is C18H8F4I2S. The molecule has 3 aromatic carbocycles. The summed E-state index contributed by atoms with van der Waals surface area (Å²) in [5.74, 6) is -5.39. The van der Waals surface area contributed by atoms with E-state index in [4.69, 9.17) is 0 Å². The largest absolute Gasteiger partial charge is 0.202 e. The van der Waals surface area contributed by atoms with E-state index in [0.29, 0.717) is 0 Å². The SMILES string of the molecule is Fc1c(F)c(I)c(F)c(F)c1I.c1ccc2c(c1)sc1ccccc12. The van der Waals surface area contributed by atoms with Gasteiger partial charge in [-0.1, -0.05) is 36.4 Å². The van der Waals surface area contributed by atoms with Crippen LogP contribution < -0.4 is 0 Å². The molecule has 0 nitrogen and oxygen atoms in total. The van der Waals surface area contributed by atoms with E-state index in [1.807, 2.05) is 11.3 Å². The van der Waals surface area contributed by atoms with Crippen molar-refractivity contribution in [3.8, 4) is 0 Å². The van der Waals surface area contributed by atoms with Gasteiger partial charge in [0.15, 0.2) is 23.3 Å². The van der Waals surface area contributed by atoms with Gasteiger partial charge in [-0.25, -0.2) is 17.6 Å². The molecule has 128 valence electrons. The van der Waals surface area contributed by atoms with E-state index in [-0.39, 0.29) is 0 Å². The van der Waals surface area contributed by atoms with Gasteiger partial charge in [-0.3, -0.25) is 0 Å². The zero-order chi connectivity index (χ0) is 18.1. The van der Waals surface area contributed by atoms with Crippen LogP contribution in [0.1, 0.15) is 0 Å². The van der Waals surface area contributed by atoms with Gasteiger partial charge in [-0.05, 0) is 57.3 Å². The van der Waals surface area contributed by atoms with Crippen molar-refractivity contribution in [2.75, 3.05) is 0 Å². The van der Waals surface area contributed by atoms with Crippen LogP contribution in [0, 0.1) is 30.4 Å². The molecule has 0 amide bonds. The predicted octanol–water partition coefficient (Wildman–Crippen LogP) is 7.51. The Bertz CT molecular complexity index is 920. The summed E-state index contributed by atoms with van der Waals surface area (Å²) < 4.78 is 52.0. The van der Waals surface area contributed by atoms with Crippen molar-refractivity contribution < 1.29 is 17.6 Å². The standard InChI is InChI=1S/C12H8S.C6F4I2/c1-3-7-11-9(5-1)10-6-2-4-8-12(10)13-11;7-1-2(8)6(12)4(10)3(9)5(1)11/h1-8H;. The Kier molecular flexibility index (Phi) is 5.84. The normalized spacial score (nSPS) is 10.8. The molecule has 0 N–H and O–H groups in total. The lowest BCUT2D eigenvalue weighted by Crippen LogP contribution is -2.02. The minimum Gasteiger partial charge on any atom is -0.202 e. The van der Waals surface area contributed by atoms with Crippen molar-refractivity contribution in [1.29, 1.82) is 0 Å². The van der Waals surface area contributed by atoms with E-state index in [1.54, 1.807) is 0 Å². The fourth-order valence-electron chi connectivity index (χ4n) is 2.25. The Balaban J connectivity index is 0.000000147. The van der Waals surface area contributed by atoms with E-state index >= 15 is 0 Å². The zero-order valence-electron chi connectivity index (χ0n) is 12.3. The van der Waals surface area contributed by atoms with Crippen LogP contribution in [0.15, 0.2) is 48.5 Å². The quantitative estimate of drug-likeness (QED) is 0.0867. The smallest absolute Gasteiger partial charge is 0.176 e. The number of fused-ring (bicyclic) bond motifs is 3. The van der Waals surface area contributed by atoms with E-state index in [1.165, 1.54) is 65.4 Å². The van der Waals surface area contributed by atoms with Gasteiger partial charge in [0.05, 0.1) is 7.14 Å². The molecule has 25 heavy (non-hydrogen) atoms. The average molecular weight is 586 g/mol. The van der Waals surface area contributed by atoms with Gasteiger partial charge in [0.2, 0.25) is 0 Å². The maximum atomic E-state index is 12.6. The van der Waals surface area contributed by atoms with Gasteiger partial charge in [0.1, 0.15) is 0 Å². The molecule has 0 aliphatic rings. The lowest BCUT2D eigenvalue weighted by molar-refractivity contribution is 0.437. The summed E-state index contributed by atoms with van der Waals surface area (Å²) in [6.45, 7) is 0. The van der Waals surface area contributed by atoms with Crippen LogP contribution in [0.4, 0.5) is 17.6 Å². The molecule has 0 saturated carbocycles. The van der Waals surface area contributed by atoms with Gasteiger partial charge in [0, 0.05) is 20.2 Å². The molecule has 0 spiro atoms. The van der Waals surface area contributed by atoms with Gasteiger partial charge in [0.25, 0.3) is 0 Å². The maximum Gasteiger partial charge on any atom is 0.176 e. The highest BCUT2D eigenvalue weighted by molar-refractivity contribution is 14.1. The van der Waals surface area contributed by atoms with Crippen LogP contribution in [0.2, 0.25) is 0 Å². The summed E-state index contributed by atoms with van der Waals surface area (Å²) in [6, 6.07) is 17.1. The highest BCUT2D eigenvalue weighted by atomic mass is 127. The van der Waals surface area contributed by atoms with Crippen molar-refractivity contribution in [2.45, 2.75) is 0 Å². The third-order valence-electron chi connectivity index (χ3n) is 3.44. The van der Waals surface area contributed by atoms with Crippen molar-refractivity contribution in [1.82, 2.24) is 0 Å². The molecule has 4 aromatic rings. The van der Waals surface area contributed by atoms with Crippen LogP contribution in [-0.2, 0) is 0 Å². The number of hydrogen-bond donors (Lipinski definition) is 0. The Hall–Kier alpha value is -0.940. The topological polar surface area (TPSA) is 0 Å². The number of thiophene rings is 1. The lowest BCUT2D eigenvalue weighted by atomic mass is 10.2. The first-order valence-electron chi connectivity index (χ1n) is 6.95. The average Bonchev–Trinajstić information content (AvgIpc) is 3.02. The molecule has 4 rings (SSSR count). The molecule has 0 radical (unpaired) electrons. The third-order valence-corrected chi connectivity index (χ3v) is 6.49. The number of benzene rings is 3. The monoisotopic (exact) mass is 586 g/mol. The number of rotatable bonds is 0. The zero-order valence-corrected chi connectivity index (χ0v) is 17.4. The first-order valence-corrected chi connectivity index (χ1v) is 9.92. The minimum atomic E-state index is -1.35. The number of hydrogen-bond acceptors (Lipinski definition) is 1. The Labute approximate surface area is 172 Å². The first kappa shape index (κ1) is 18.8. The van der Waals surface area contributed by atoms with Crippen molar-refractivity contribution in [3.63, 3.8) is 0 Å². The van der Waals surface area contributed by atoms with Gasteiger partial charge in [-0.15, -0.1) is 11.3 Å². The van der Waals surface area contributed by atoms with Crippen molar-refractivity contribution in [2.24, 2.45) is 0 Å². The van der Waals surface area contributed by atoms with Crippen LogP contribution in [0.5, 0.6) is 0 Å². The molecule has 0 unspecified atom stereocenters. The third kappa shape index (κ3) is 3.63. The van der Waals surface area contributed by atoms with E-state index < -0.39 is 30.4 Å². The molecule has 0 atom stereocenters. The van der Waals surface area contributed by atoms with Crippen LogP contribution >= 0.6 is 56.5 Å². The summed E-state index contributed by atoms with van der Waals surface area (Å²) in [5.41, 5.74) is 0. The van der Waals surface area contributed by atoms with Crippen LogP contribution in [0.3, 0.4) is 0 Å². The molecule has 1 aromatic heterocycles. The highest BCUT2D eigenvalue weighted by Gasteiger charge is 2.21. The van der Waals surface area contributed by atoms with Gasteiger partial charge < -0.3 is 0 Å². The molecule has 7 heteroatoms. The van der Waals surface area contributed by atoms with Crippen LogP contribution in [-0.4, -0.2) is 0 Å². The number of halogens is 6. The summed E-state index contributed by atoms with van der Waals surface area (Å²) in [4.78, 5) is 0. The molecular weight excluding hydrogens is 578 g/mol. The molecule has 0 saturated heterocycles. The molecule has 0 fully saturated rings. The summed E-state index contributed by atoms with van der Waals surface area (Å²) in [6.07, 6.45) is 0. The summed E-state index contributed by atoms with van der Waals surface area (Å²) in [7, 11) is 0. The fourth-order valence-corrected chi connectivity index (χ4v) is 4.31. The fraction of sp³-hybridized carbons (Fsp3) is 0. The first-order chi connectivity index (χ1) is 11.9. The van der Waals surface area contributed by atoms with E-state index in [0.717, 1.165) is 0 Å². The van der Waals surface area contributed by atoms with E-state index in [9.17, 15) is 17.6 Å².